The van der Waals surface area contributed by atoms with Gasteiger partial charge in [-0.15, -0.1) is 0 Å². The predicted molar refractivity (Wildman–Crippen MR) is 81.2 cm³/mol. The summed E-state index contributed by atoms with van der Waals surface area (Å²) in [6.07, 6.45) is 3.40. The Hall–Kier alpha value is -1.42. The first-order valence-corrected chi connectivity index (χ1v) is 7.18. The number of nitrogens with zero attached hydrogens (tertiary/aromatic N) is 1. The summed E-state index contributed by atoms with van der Waals surface area (Å²) in [4.78, 5) is 14.7. The molecule has 0 aliphatic carbocycles. The number of carbonyl (C=O) groups is 1. The number of benzene rings is 1. The molecule has 0 spiro atoms. The standard InChI is InChI=1S/C15H20N2OS/c1-11-3-2-9-17(10-8-11)15(18)13-6-4-12(5-7-13)14(16)19/h4-7,11H,2-3,8-10H2,1H3,(H2,16,19). The molecular formula is C15H20N2OS. The van der Waals surface area contributed by atoms with Crippen LogP contribution < -0.4 is 5.73 Å². The van der Waals surface area contributed by atoms with Gasteiger partial charge in [0, 0.05) is 24.2 Å². The van der Waals surface area contributed by atoms with Crippen molar-refractivity contribution in [3.63, 3.8) is 0 Å². The molecule has 1 heterocycles. The molecule has 2 N–H and O–H groups in total. The molecule has 102 valence electrons. The van der Waals surface area contributed by atoms with Crippen molar-refractivity contribution in [2.24, 2.45) is 11.7 Å². The van der Waals surface area contributed by atoms with E-state index in [2.05, 4.69) is 6.92 Å². The van der Waals surface area contributed by atoms with E-state index < -0.39 is 0 Å². The van der Waals surface area contributed by atoms with E-state index in [0.29, 0.717) is 4.99 Å². The number of rotatable bonds is 2. The van der Waals surface area contributed by atoms with Gasteiger partial charge in [0.1, 0.15) is 4.99 Å². The third kappa shape index (κ3) is 3.53. The Morgan fingerprint density at radius 2 is 1.84 bits per heavy atom. The Morgan fingerprint density at radius 1 is 1.21 bits per heavy atom. The minimum atomic E-state index is 0.114. The van der Waals surface area contributed by atoms with Crippen molar-refractivity contribution in [1.82, 2.24) is 4.90 Å². The second-order valence-electron chi connectivity index (χ2n) is 5.27. The monoisotopic (exact) mass is 276 g/mol. The van der Waals surface area contributed by atoms with Crippen LogP contribution >= 0.6 is 12.2 Å². The van der Waals surface area contributed by atoms with Gasteiger partial charge in [0.15, 0.2) is 0 Å². The van der Waals surface area contributed by atoms with Crippen LogP contribution in [0.15, 0.2) is 24.3 Å². The third-order valence-corrected chi connectivity index (χ3v) is 3.96. The van der Waals surface area contributed by atoms with E-state index in [1.165, 1.54) is 6.42 Å². The van der Waals surface area contributed by atoms with Crippen LogP contribution in [0.25, 0.3) is 0 Å². The van der Waals surface area contributed by atoms with Crippen LogP contribution in [0, 0.1) is 5.92 Å². The van der Waals surface area contributed by atoms with Gasteiger partial charge in [-0.2, -0.15) is 0 Å². The zero-order valence-corrected chi connectivity index (χ0v) is 12.1. The fourth-order valence-corrected chi connectivity index (χ4v) is 2.56. The molecule has 1 saturated heterocycles. The molecule has 1 aromatic rings. The fourth-order valence-electron chi connectivity index (χ4n) is 2.43. The summed E-state index contributed by atoms with van der Waals surface area (Å²) in [5.41, 5.74) is 7.07. The van der Waals surface area contributed by atoms with E-state index in [-0.39, 0.29) is 5.91 Å². The molecule has 4 heteroatoms. The lowest BCUT2D eigenvalue weighted by Gasteiger charge is -2.20. The Bertz CT molecular complexity index is 470. The molecule has 1 aliphatic rings. The summed E-state index contributed by atoms with van der Waals surface area (Å²) >= 11 is 4.91. The molecule has 1 amide bonds. The lowest BCUT2D eigenvalue weighted by Crippen LogP contribution is -2.32. The average Bonchev–Trinajstić information content (AvgIpc) is 2.63. The van der Waals surface area contributed by atoms with Crippen molar-refractivity contribution >= 4 is 23.1 Å². The highest BCUT2D eigenvalue weighted by Gasteiger charge is 2.19. The lowest BCUT2D eigenvalue weighted by atomic mass is 10.0. The van der Waals surface area contributed by atoms with Crippen molar-refractivity contribution in [3.8, 4) is 0 Å². The number of nitrogens with two attached hydrogens (primary N) is 1. The van der Waals surface area contributed by atoms with Crippen molar-refractivity contribution < 1.29 is 4.79 Å². The molecule has 1 aromatic carbocycles. The molecule has 0 bridgehead atoms. The van der Waals surface area contributed by atoms with E-state index in [0.717, 1.165) is 43.0 Å². The molecule has 19 heavy (non-hydrogen) atoms. The molecular weight excluding hydrogens is 256 g/mol. The van der Waals surface area contributed by atoms with Crippen LogP contribution in [0.1, 0.15) is 42.1 Å². The molecule has 0 saturated carbocycles. The highest BCUT2D eigenvalue weighted by Crippen LogP contribution is 2.18. The lowest BCUT2D eigenvalue weighted by molar-refractivity contribution is 0.0760. The maximum absolute atomic E-state index is 12.4. The minimum absolute atomic E-state index is 0.114. The third-order valence-electron chi connectivity index (χ3n) is 3.72. The normalized spacial score (nSPS) is 19.8. The molecule has 1 unspecified atom stereocenters. The second-order valence-corrected chi connectivity index (χ2v) is 5.71. The van der Waals surface area contributed by atoms with Crippen molar-refractivity contribution in [1.29, 1.82) is 0 Å². The fraction of sp³-hybridized carbons (Fsp3) is 0.467. The zero-order chi connectivity index (χ0) is 13.8. The Kier molecular flexibility index (Phi) is 4.53. The first-order chi connectivity index (χ1) is 9.08. The van der Waals surface area contributed by atoms with Crippen LogP contribution in [-0.2, 0) is 0 Å². The summed E-state index contributed by atoms with van der Waals surface area (Å²) in [5, 5.41) is 0. The van der Waals surface area contributed by atoms with E-state index in [1.54, 1.807) is 0 Å². The number of amides is 1. The van der Waals surface area contributed by atoms with Crippen LogP contribution in [0.3, 0.4) is 0 Å². The number of likely N-dealkylation sites (tertiary alicyclic amines) is 1. The summed E-state index contributed by atoms with van der Waals surface area (Å²) in [7, 11) is 0. The van der Waals surface area contributed by atoms with Gasteiger partial charge in [0.2, 0.25) is 0 Å². The van der Waals surface area contributed by atoms with Gasteiger partial charge in [-0.05, 0) is 37.3 Å². The number of hydrogen-bond acceptors (Lipinski definition) is 2. The molecule has 2 rings (SSSR count). The van der Waals surface area contributed by atoms with Crippen molar-refractivity contribution in [2.75, 3.05) is 13.1 Å². The smallest absolute Gasteiger partial charge is 0.253 e. The van der Waals surface area contributed by atoms with Crippen molar-refractivity contribution in [3.05, 3.63) is 35.4 Å². The van der Waals surface area contributed by atoms with Gasteiger partial charge in [0.25, 0.3) is 5.91 Å². The van der Waals surface area contributed by atoms with Crippen molar-refractivity contribution in [2.45, 2.75) is 26.2 Å². The predicted octanol–water partition coefficient (Wildman–Crippen LogP) is 2.58. The van der Waals surface area contributed by atoms with E-state index in [1.807, 2.05) is 29.2 Å². The van der Waals surface area contributed by atoms with Gasteiger partial charge in [-0.25, -0.2) is 0 Å². The molecule has 0 aromatic heterocycles. The van der Waals surface area contributed by atoms with Gasteiger partial charge < -0.3 is 10.6 Å². The van der Waals surface area contributed by atoms with Gasteiger partial charge in [0.05, 0.1) is 0 Å². The van der Waals surface area contributed by atoms with Crippen LogP contribution in [-0.4, -0.2) is 28.9 Å². The first kappa shape index (κ1) is 14.0. The average molecular weight is 276 g/mol. The van der Waals surface area contributed by atoms with E-state index >= 15 is 0 Å². The van der Waals surface area contributed by atoms with E-state index in [4.69, 9.17) is 18.0 Å². The summed E-state index contributed by atoms with van der Waals surface area (Å²) in [6.45, 7) is 3.97. The summed E-state index contributed by atoms with van der Waals surface area (Å²) < 4.78 is 0. The van der Waals surface area contributed by atoms with Gasteiger partial charge in [-0.1, -0.05) is 31.3 Å². The number of carbonyl (C=O) groups excluding carboxylic acids is 1. The maximum Gasteiger partial charge on any atom is 0.253 e. The molecule has 3 nitrogen and oxygen atoms in total. The molecule has 1 aliphatic heterocycles. The maximum atomic E-state index is 12.4. The van der Waals surface area contributed by atoms with Crippen LogP contribution in [0.5, 0.6) is 0 Å². The Morgan fingerprint density at radius 3 is 2.47 bits per heavy atom. The van der Waals surface area contributed by atoms with Crippen LogP contribution in [0.2, 0.25) is 0 Å². The highest BCUT2D eigenvalue weighted by molar-refractivity contribution is 7.80. The number of thiocarbonyl (C=S) groups is 1. The Labute approximate surface area is 119 Å². The number of hydrogen-bond donors (Lipinski definition) is 1. The topological polar surface area (TPSA) is 46.3 Å². The summed E-state index contributed by atoms with van der Waals surface area (Å²) in [5.74, 6) is 0.832. The SMILES string of the molecule is CC1CCCN(C(=O)c2ccc(C(N)=S)cc2)CC1. The molecule has 1 atom stereocenters. The van der Waals surface area contributed by atoms with Crippen LogP contribution in [0.4, 0.5) is 0 Å². The second kappa shape index (κ2) is 6.15. The first-order valence-electron chi connectivity index (χ1n) is 6.77. The molecule has 1 fully saturated rings. The zero-order valence-electron chi connectivity index (χ0n) is 11.3. The minimum Gasteiger partial charge on any atom is -0.389 e. The molecule has 0 radical (unpaired) electrons. The Balaban J connectivity index is 2.08. The van der Waals surface area contributed by atoms with E-state index in [9.17, 15) is 4.79 Å². The largest absolute Gasteiger partial charge is 0.389 e. The highest BCUT2D eigenvalue weighted by atomic mass is 32.1. The summed E-state index contributed by atoms with van der Waals surface area (Å²) in [6, 6.07) is 7.25. The van der Waals surface area contributed by atoms with Gasteiger partial charge in [-0.3, -0.25) is 4.79 Å². The van der Waals surface area contributed by atoms with Gasteiger partial charge >= 0.3 is 0 Å². The quantitative estimate of drug-likeness (QED) is 0.845.